The van der Waals surface area contributed by atoms with Crippen LogP contribution in [0.4, 0.5) is 5.82 Å². The van der Waals surface area contributed by atoms with Gasteiger partial charge in [0, 0.05) is 23.6 Å². The van der Waals surface area contributed by atoms with Gasteiger partial charge in [-0.25, -0.2) is 4.68 Å². The van der Waals surface area contributed by atoms with Gasteiger partial charge in [-0.1, -0.05) is 75.5 Å². The largest absolute Gasteiger partial charge is 0.329 e. The normalized spacial score (nSPS) is 11.6. The van der Waals surface area contributed by atoms with Crippen LogP contribution >= 0.6 is 23.2 Å². The lowest BCUT2D eigenvalue weighted by Crippen LogP contribution is -2.40. The first-order chi connectivity index (χ1) is 16.8. The van der Waals surface area contributed by atoms with E-state index in [1.54, 1.807) is 16.8 Å². The van der Waals surface area contributed by atoms with E-state index in [9.17, 15) is 9.59 Å². The van der Waals surface area contributed by atoms with Gasteiger partial charge in [-0.2, -0.15) is 5.10 Å². The van der Waals surface area contributed by atoms with Gasteiger partial charge < -0.3 is 10.2 Å². The predicted octanol–water partition coefficient (Wildman–Crippen LogP) is 6.83. The highest BCUT2D eigenvalue weighted by molar-refractivity contribution is 6.42. The predicted molar refractivity (Wildman–Crippen MR) is 148 cm³/mol. The topological polar surface area (TPSA) is 67.2 Å². The molecule has 0 radical (unpaired) electrons. The fraction of sp³-hybridized carbons (Fsp3) is 0.393. The molecule has 0 fully saturated rings. The van der Waals surface area contributed by atoms with Gasteiger partial charge in [0.25, 0.3) is 5.91 Å². The number of nitrogens with one attached hydrogen (secondary N) is 1. The van der Waals surface area contributed by atoms with Crippen molar-refractivity contribution in [3.63, 3.8) is 0 Å². The van der Waals surface area contributed by atoms with Crippen LogP contribution in [0.25, 0.3) is 5.69 Å². The standard InChI is InChI=1S/C28H34Cl2N4O2/c1-17(2)15-33(27(36)20-9-10-21(29)22(30)13-20)16-26(35)31-25-14-24(28(5,6)7)32-34(25)23-11-8-18(3)12-19(23)4/h8-14,17H,15-16H2,1-7H3,(H,31,35). The van der Waals surface area contributed by atoms with Gasteiger partial charge in [-0.05, 0) is 49.6 Å². The van der Waals surface area contributed by atoms with Gasteiger partial charge >= 0.3 is 0 Å². The molecule has 8 heteroatoms. The molecule has 6 nitrogen and oxygen atoms in total. The Morgan fingerprint density at radius 1 is 1.03 bits per heavy atom. The fourth-order valence-corrected chi connectivity index (χ4v) is 4.19. The van der Waals surface area contributed by atoms with Crippen LogP contribution in [-0.2, 0) is 10.2 Å². The molecule has 0 bridgehead atoms. The maximum Gasteiger partial charge on any atom is 0.254 e. The third-order valence-electron chi connectivity index (χ3n) is 5.70. The zero-order chi connectivity index (χ0) is 26.8. The number of halogens is 2. The van der Waals surface area contributed by atoms with Crippen molar-refractivity contribution in [2.24, 2.45) is 5.92 Å². The molecule has 0 aliphatic rings. The Balaban J connectivity index is 1.91. The Kier molecular flexibility index (Phi) is 8.52. The Labute approximate surface area is 223 Å². The SMILES string of the molecule is Cc1ccc(-n2nc(C(C)(C)C)cc2NC(=O)CN(CC(C)C)C(=O)c2ccc(Cl)c(Cl)c2)c(C)c1. The van der Waals surface area contributed by atoms with Crippen LogP contribution in [0.15, 0.2) is 42.5 Å². The number of amides is 2. The summed E-state index contributed by atoms with van der Waals surface area (Å²) in [4.78, 5) is 28.0. The molecule has 0 saturated carbocycles. The van der Waals surface area contributed by atoms with Crippen LogP contribution in [0.5, 0.6) is 0 Å². The molecule has 192 valence electrons. The molecule has 3 aromatic rings. The van der Waals surface area contributed by atoms with E-state index < -0.39 is 0 Å². The average Bonchev–Trinajstić information content (AvgIpc) is 3.18. The van der Waals surface area contributed by atoms with Gasteiger partial charge in [0.1, 0.15) is 12.4 Å². The van der Waals surface area contributed by atoms with Crippen molar-refractivity contribution in [3.8, 4) is 5.69 Å². The zero-order valence-corrected chi connectivity index (χ0v) is 23.5. The number of hydrogen-bond donors (Lipinski definition) is 1. The number of carbonyl (C=O) groups excluding carboxylic acids is 2. The van der Waals surface area contributed by atoms with Crippen LogP contribution < -0.4 is 5.32 Å². The number of aryl methyl sites for hydroxylation is 2. The molecule has 2 amide bonds. The van der Waals surface area contributed by atoms with Crippen molar-refractivity contribution in [3.05, 3.63) is 74.9 Å². The quantitative estimate of drug-likeness (QED) is 0.365. The number of benzene rings is 2. The summed E-state index contributed by atoms with van der Waals surface area (Å²) in [5.41, 5.74) is 4.10. The van der Waals surface area contributed by atoms with Gasteiger partial charge in [0.2, 0.25) is 5.91 Å². The number of anilines is 1. The van der Waals surface area contributed by atoms with E-state index in [2.05, 4.69) is 32.2 Å². The Bertz CT molecular complexity index is 1280. The van der Waals surface area contributed by atoms with Crippen LogP contribution in [0, 0.1) is 19.8 Å². The first kappa shape index (κ1) is 27.8. The highest BCUT2D eigenvalue weighted by atomic mass is 35.5. The summed E-state index contributed by atoms with van der Waals surface area (Å²) in [5, 5.41) is 8.48. The van der Waals surface area contributed by atoms with Crippen LogP contribution in [0.1, 0.15) is 61.8 Å². The second-order valence-electron chi connectivity index (χ2n) is 10.6. The summed E-state index contributed by atoms with van der Waals surface area (Å²) in [6.45, 7) is 14.6. The van der Waals surface area contributed by atoms with E-state index in [1.807, 2.05) is 45.9 Å². The molecule has 0 spiro atoms. The van der Waals surface area contributed by atoms with E-state index in [4.69, 9.17) is 28.3 Å². The first-order valence-corrected chi connectivity index (χ1v) is 12.7. The zero-order valence-electron chi connectivity index (χ0n) is 21.9. The number of hydrogen-bond acceptors (Lipinski definition) is 3. The van der Waals surface area contributed by atoms with E-state index in [-0.39, 0.29) is 29.7 Å². The third kappa shape index (κ3) is 6.68. The molecule has 0 aliphatic heterocycles. The Morgan fingerprint density at radius 3 is 2.31 bits per heavy atom. The van der Waals surface area contributed by atoms with Crippen molar-refractivity contribution in [2.45, 2.75) is 53.9 Å². The highest BCUT2D eigenvalue weighted by Gasteiger charge is 2.24. The van der Waals surface area contributed by atoms with E-state index in [1.165, 1.54) is 11.0 Å². The molecule has 0 saturated heterocycles. The minimum absolute atomic E-state index is 0.111. The summed E-state index contributed by atoms with van der Waals surface area (Å²) >= 11 is 12.1. The second-order valence-corrected chi connectivity index (χ2v) is 11.4. The number of nitrogens with zero attached hydrogens (tertiary/aromatic N) is 3. The Hall–Kier alpha value is -2.83. The lowest BCUT2D eigenvalue weighted by Gasteiger charge is -2.24. The number of rotatable bonds is 7. The molecule has 0 unspecified atom stereocenters. The van der Waals surface area contributed by atoms with Gasteiger partial charge in [0.05, 0.1) is 21.4 Å². The highest BCUT2D eigenvalue weighted by Crippen LogP contribution is 2.28. The molecule has 1 aromatic heterocycles. The smallest absolute Gasteiger partial charge is 0.254 e. The molecule has 0 atom stereocenters. The van der Waals surface area contributed by atoms with Gasteiger partial charge in [-0.15, -0.1) is 0 Å². The van der Waals surface area contributed by atoms with Crippen LogP contribution in [-0.4, -0.2) is 39.6 Å². The molecular weight excluding hydrogens is 495 g/mol. The molecule has 36 heavy (non-hydrogen) atoms. The summed E-state index contributed by atoms with van der Waals surface area (Å²) in [5.74, 6) is 0.132. The molecule has 0 aliphatic carbocycles. The van der Waals surface area contributed by atoms with Crippen molar-refractivity contribution in [1.29, 1.82) is 0 Å². The summed E-state index contributed by atoms with van der Waals surface area (Å²) in [6, 6.07) is 12.7. The van der Waals surface area contributed by atoms with E-state index >= 15 is 0 Å². The average molecular weight is 530 g/mol. The third-order valence-corrected chi connectivity index (χ3v) is 6.44. The van der Waals surface area contributed by atoms with Crippen molar-refractivity contribution in [2.75, 3.05) is 18.4 Å². The molecule has 2 aromatic carbocycles. The summed E-state index contributed by atoms with van der Waals surface area (Å²) < 4.78 is 1.76. The molecule has 1 heterocycles. The fourth-order valence-electron chi connectivity index (χ4n) is 3.89. The van der Waals surface area contributed by atoms with Gasteiger partial charge in [-0.3, -0.25) is 9.59 Å². The summed E-state index contributed by atoms with van der Waals surface area (Å²) in [6.07, 6.45) is 0. The minimum Gasteiger partial charge on any atom is -0.329 e. The molecule has 3 rings (SSSR count). The summed E-state index contributed by atoms with van der Waals surface area (Å²) in [7, 11) is 0. The maximum atomic E-state index is 13.3. The monoisotopic (exact) mass is 528 g/mol. The van der Waals surface area contributed by atoms with Crippen LogP contribution in [0.3, 0.4) is 0 Å². The first-order valence-electron chi connectivity index (χ1n) is 12.0. The van der Waals surface area contributed by atoms with Crippen molar-refractivity contribution >= 4 is 40.8 Å². The molecule has 1 N–H and O–H groups in total. The Morgan fingerprint density at radius 2 is 1.72 bits per heavy atom. The minimum atomic E-state index is -0.310. The van der Waals surface area contributed by atoms with Crippen LogP contribution in [0.2, 0.25) is 10.0 Å². The van der Waals surface area contributed by atoms with E-state index in [0.717, 1.165) is 22.5 Å². The molecular formula is C28H34Cl2N4O2. The number of carbonyl (C=O) groups is 2. The van der Waals surface area contributed by atoms with Gasteiger partial charge in [0.15, 0.2) is 0 Å². The van der Waals surface area contributed by atoms with E-state index in [0.29, 0.717) is 28.0 Å². The second kappa shape index (κ2) is 11.1. The van der Waals surface area contributed by atoms with Crippen molar-refractivity contribution in [1.82, 2.24) is 14.7 Å². The number of aromatic nitrogens is 2. The lowest BCUT2D eigenvalue weighted by molar-refractivity contribution is -0.117. The van der Waals surface area contributed by atoms with Crippen molar-refractivity contribution < 1.29 is 9.59 Å². The lowest BCUT2D eigenvalue weighted by atomic mass is 9.92. The maximum absolute atomic E-state index is 13.3.